The van der Waals surface area contributed by atoms with Crippen molar-refractivity contribution in [3.05, 3.63) is 29.8 Å². The molecule has 0 heterocycles. The Kier molecular flexibility index (Phi) is 7.11. The Hall–Kier alpha value is -0.850. The molecule has 1 saturated carbocycles. The van der Waals surface area contributed by atoms with E-state index in [2.05, 4.69) is 0 Å². The van der Waals surface area contributed by atoms with Crippen LogP contribution in [-0.2, 0) is 18.5 Å². The molecule has 0 aliphatic heterocycles. The van der Waals surface area contributed by atoms with E-state index in [1.54, 1.807) is 24.3 Å². The van der Waals surface area contributed by atoms with Crippen LogP contribution in [0.2, 0.25) is 0 Å². The molecule has 0 spiro atoms. The van der Waals surface area contributed by atoms with Crippen LogP contribution in [0.3, 0.4) is 0 Å². The highest BCUT2D eigenvalue weighted by atomic mass is 32.3. The highest BCUT2D eigenvalue weighted by molar-refractivity contribution is 8.33. The second-order valence-corrected chi connectivity index (χ2v) is 12.1. The van der Waals surface area contributed by atoms with E-state index in [0.717, 1.165) is 37.7 Å². The van der Waals surface area contributed by atoms with Crippen molar-refractivity contribution in [2.45, 2.75) is 68.9 Å². The number of rotatable bonds is 8. The molecule has 142 valence electrons. The minimum Gasteiger partial charge on any atom is -0.299 e. The van der Waals surface area contributed by atoms with Gasteiger partial charge in [0.25, 0.3) is 0 Å². The molecule has 25 heavy (non-hydrogen) atoms. The lowest BCUT2D eigenvalue weighted by Gasteiger charge is -2.43. The Morgan fingerprint density at radius 3 is 2.28 bits per heavy atom. The molecule has 4 nitrogen and oxygen atoms in total. The number of benzene rings is 1. The standard InChI is InChI=1S/C19H30O4S2/c1-4-8-17(20)15-24(3,18-9-6-5-7-10-18)23-25(21,22)19-13-11-16(2)12-14-19/h11-14,18H,4-10,15H2,1-3H3. The fraction of sp³-hybridized carbons (Fsp3) is 0.632. The molecule has 1 aromatic rings. The molecule has 0 saturated heterocycles. The molecule has 0 aromatic heterocycles. The van der Waals surface area contributed by atoms with E-state index in [4.69, 9.17) is 3.63 Å². The number of carbonyl (C=O) groups is 1. The minimum atomic E-state index is -3.86. The van der Waals surface area contributed by atoms with Crippen LogP contribution in [0.4, 0.5) is 0 Å². The van der Waals surface area contributed by atoms with E-state index in [9.17, 15) is 13.2 Å². The van der Waals surface area contributed by atoms with Gasteiger partial charge in [0.2, 0.25) is 0 Å². The number of Topliss-reactive ketones (excluding diaryl/α,β-unsaturated/α-hetero) is 1. The molecule has 1 aliphatic rings. The molecule has 1 atom stereocenters. The van der Waals surface area contributed by atoms with Crippen LogP contribution in [0.1, 0.15) is 57.4 Å². The van der Waals surface area contributed by atoms with Gasteiger partial charge in [0.1, 0.15) is 5.78 Å². The fourth-order valence-electron chi connectivity index (χ4n) is 3.38. The first-order valence-corrected chi connectivity index (χ1v) is 12.7. The second kappa shape index (κ2) is 8.69. The predicted molar refractivity (Wildman–Crippen MR) is 105 cm³/mol. The first-order chi connectivity index (χ1) is 11.8. The van der Waals surface area contributed by atoms with Crippen molar-refractivity contribution in [2.75, 3.05) is 12.0 Å². The van der Waals surface area contributed by atoms with Crippen molar-refractivity contribution < 1.29 is 16.8 Å². The summed E-state index contributed by atoms with van der Waals surface area (Å²) in [5.74, 6) is 0.362. The number of hydrogen-bond acceptors (Lipinski definition) is 4. The number of ketones is 1. The summed E-state index contributed by atoms with van der Waals surface area (Å²) in [5, 5.41) is 0.183. The van der Waals surface area contributed by atoms with E-state index in [0.29, 0.717) is 6.42 Å². The van der Waals surface area contributed by atoms with Gasteiger partial charge in [-0.2, -0.15) is 8.42 Å². The Balaban J connectivity index is 2.27. The van der Waals surface area contributed by atoms with Gasteiger partial charge in [-0.15, -0.1) is 10.3 Å². The van der Waals surface area contributed by atoms with Crippen LogP contribution in [-0.4, -0.2) is 31.5 Å². The van der Waals surface area contributed by atoms with Gasteiger partial charge in [0, 0.05) is 11.7 Å². The first-order valence-electron chi connectivity index (χ1n) is 9.06. The molecule has 2 rings (SSSR count). The summed E-state index contributed by atoms with van der Waals surface area (Å²) in [6.07, 6.45) is 8.42. The van der Waals surface area contributed by atoms with Gasteiger partial charge in [-0.05, 0) is 44.6 Å². The normalized spacial score (nSPS) is 20.0. The third kappa shape index (κ3) is 5.56. The van der Waals surface area contributed by atoms with Crippen molar-refractivity contribution in [3.63, 3.8) is 0 Å². The maximum Gasteiger partial charge on any atom is 0.306 e. The van der Waals surface area contributed by atoms with Gasteiger partial charge in [-0.3, -0.25) is 4.79 Å². The quantitative estimate of drug-likeness (QED) is 0.647. The molecule has 1 fully saturated rings. The summed E-state index contributed by atoms with van der Waals surface area (Å²) in [5.41, 5.74) is 1.000. The Morgan fingerprint density at radius 1 is 1.12 bits per heavy atom. The van der Waals surface area contributed by atoms with E-state index in [1.807, 2.05) is 20.1 Å². The van der Waals surface area contributed by atoms with Gasteiger partial charge in [0.05, 0.1) is 10.6 Å². The zero-order valence-electron chi connectivity index (χ0n) is 15.5. The average molecular weight is 387 g/mol. The van der Waals surface area contributed by atoms with Crippen molar-refractivity contribution in [1.29, 1.82) is 0 Å². The minimum absolute atomic E-state index is 0.115. The Morgan fingerprint density at radius 2 is 1.72 bits per heavy atom. The highest BCUT2D eigenvalue weighted by Gasteiger charge is 2.37. The summed E-state index contributed by atoms with van der Waals surface area (Å²) < 4.78 is 31.5. The summed E-state index contributed by atoms with van der Waals surface area (Å²) in [6.45, 7) is 3.88. The average Bonchev–Trinajstić information content (AvgIpc) is 2.55. The maximum absolute atomic E-state index is 12.8. The van der Waals surface area contributed by atoms with Crippen molar-refractivity contribution in [3.8, 4) is 0 Å². The Bertz CT molecular complexity index is 676. The molecule has 1 unspecified atom stereocenters. The second-order valence-electron chi connectivity index (χ2n) is 7.10. The molecule has 0 bridgehead atoms. The monoisotopic (exact) mass is 386 g/mol. The maximum atomic E-state index is 12.8. The summed E-state index contributed by atoms with van der Waals surface area (Å²) >= 11 is 0. The lowest BCUT2D eigenvalue weighted by Crippen LogP contribution is -2.30. The number of carbonyl (C=O) groups excluding carboxylic acids is 1. The number of aryl methyl sites for hydroxylation is 1. The number of hydrogen-bond donors (Lipinski definition) is 0. The molecular formula is C19H30O4S2. The topological polar surface area (TPSA) is 60.4 Å². The molecule has 1 aromatic carbocycles. The SMILES string of the molecule is CCCC(=O)CS(C)(OS(=O)(=O)c1ccc(C)cc1)C1CCCCC1. The summed E-state index contributed by atoms with van der Waals surface area (Å²) in [4.78, 5) is 12.5. The predicted octanol–water partition coefficient (Wildman–Crippen LogP) is 4.75. The molecular weight excluding hydrogens is 356 g/mol. The summed E-state index contributed by atoms with van der Waals surface area (Å²) in [7, 11) is -5.88. The fourth-order valence-corrected chi connectivity index (χ4v) is 8.79. The van der Waals surface area contributed by atoms with Crippen LogP contribution in [0, 0.1) is 6.92 Å². The molecule has 1 aliphatic carbocycles. The largest absolute Gasteiger partial charge is 0.306 e. The van der Waals surface area contributed by atoms with E-state index in [1.165, 1.54) is 6.42 Å². The van der Waals surface area contributed by atoms with Crippen LogP contribution < -0.4 is 0 Å². The zero-order chi connectivity index (χ0) is 18.5. The first kappa shape index (κ1) is 20.5. The van der Waals surface area contributed by atoms with E-state index in [-0.39, 0.29) is 21.7 Å². The van der Waals surface area contributed by atoms with Crippen molar-refractivity contribution in [1.82, 2.24) is 0 Å². The van der Waals surface area contributed by atoms with Crippen molar-refractivity contribution >= 4 is 26.2 Å². The third-order valence-corrected chi connectivity index (χ3v) is 10.4. The van der Waals surface area contributed by atoms with Gasteiger partial charge in [-0.25, -0.2) is 3.63 Å². The lowest BCUT2D eigenvalue weighted by molar-refractivity contribution is -0.116. The van der Waals surface area contributed by atoms with Crippen LogP contribution in [0.25, 0.3) is 0 Å². The summed E-state index contributed by atoms with van der Waals surface area (Å²) in [6, 6.07) is 6.70. The molecule has 0 radical (unpaired) electrons. The molecule has 0 N–H and O–H groups in total. The lowest BCUT2D eigenvalue weighted by atomic mass is 10.0. The molecule has 0 amide bonds. The van der Waals surface area contributed by atoms with Crippen molar-refractivity contribution in [2.24, 2.45) is 0 Å². The van der Waals surface area contributed by atoms with E-state index < -0.39 is 20.4 Å². The van der Waals surface area contributed by atoms with Gasteiger partial charge >= 0.3 is 10.1 Å². The van der Waals surface area contributed by atoms with Gasteiger partial charge in [0.15, 0.2) is 0 Å². The third-order valence-electron chi connectivity index (χ3n) is 4.79. The van der Waals surface area contributed by atoms with Gasteiger partial charge in [-0.1, -0.05) is 43.9 Å². The molecule has 6 heteroatoms. The Labute approximate surface area is 154 Å². The zero-order valence-corrected chi connectivity index (χ0v) is 17.1. The van der Waals surface area contributed by atoms with Gasteiger partial charge < -0.3 is 0 Å². The van der Waals surface area contributed by atoms with Crippen LogP contribution >= 0.6 is 10.3 Å². The van der Waals surface area contributed by atoms with E-state index >= 15 is 0 Å². The van der Waals surface area contributed by atoms with Crippen LogP contribution in [0.15, 0.2) is 29.2 Å². The van der Waals surface area contributed by atoms with Crippen LogP contribution in [0.5, 0.6) is 0 Å². The highest BCUT2D eigenvalue weighted by Crippen LogP contribution is 2.56. The smallest absolute Gasteiger partial charge is 0.299 e.